The zero-order valence-electron chi connectivity index (χ0n) is 10.1. The highest BCUT2D eigenvalue weighted by atomic mass is 19.1. The number of halogens is 1. The van der Waals surface area contributed by atoms with Gasteiger partial charge in [-0.15, -0.1) is 0 Å². The molecule has 0 aromatic heterocycles. The van der Waals surface area contributed by atoms with Crippen LogP contribution in [0.5, 0.6) is 5.75 Å². The van der Waals surface area contributed by atoms with Crippen molar-refractivity contribution in [1.29, 1.82) is 0 Å². The molecule has 0 spiro atoms. The van der Waals surface area contributed by atoms with Crippen LogP contribution in [0.1, 0.15) is 19.3 Å². The first-order valence-electron chi connectivity index (χ1n) is 5.63. The second-order valence-electron chi connectivity index (χ2n) is 3.65. The number of ketones is 1. The average Bonchev–Trinajstić information content (AvgIpc) is 2.39. The van der Waals surface area contributed by atoms with Crippen molar-refractivity contribution >= 4 is 11.8 Å². The van der Waals surface area contributed by atoms with Gasteiger partial charge in [0.05, 0.1) is 13.7 Å². The van der Waals surface area contributed by atoms with E-state index in [2.05, 4.69) is 4.74 Å². The Kier molecular flexibility index (Phi) is 5.84. The smallest absolute Gasteiger partial charge is 0.374 e. The van der Waals surface area contributed by atoms with Gasteiger partial charge in [-0.25, -0.2) is 9.18 Å². The molecule has 0 unspecified atom stereocenters. The van der Waals surface area contributed by atoms with E-state index in [9.17, 15) is 14.0 Å². The predicted molar refractivity (Wildman–Crippen MR) is 62.8 cm³/mol. The average molecular weight is 254 g/mol. The summed E-state index contributed by atoms with van der Waals surface area (Å²) in [6, 6.07) is 6.11. The first-order valence-corrected chi connectivity index (χ1v) is 5.63. The SMILES string of the molecule is COC(=O)C(=O)CCCCOc1ccccc1F. The molecule has 0 aliphatic rings. The van der Waals surface area contributed by atoms with Crippen LogP contribution < -0.4 is 4.74 Å². The van der Waals surface area contributed by atoms with Crippen LogP contribution in [0.4, 0.5) is 4.39 Å². The van der Waals surface area contributed by atoms with E-state index in [1.165, 1.54) is 19.2 Å². The standard InChI is InChI=1S/C13H15FO4/c1-17-13(16)11(15)7-4-5-9-18-12-8-3-2-6-10(12)14/h2-3,6,8H,4-5,7,9H2,1H3. The van der Waals surface area contributed by atoms with Crippen molar-refractivity contribution < 1.29 is 23.5 Å². The fourth-order valence-electron chi connectivity index (χ4n) is 1.35. The van der Waals surface area contributed by atoms with E-state index in [0.717, 1.165) is 0 Å². The van der Waals surface area contributed by atoms with Crippen LogP contribution >= 0.6 is 0 Å². The maximum Gasteiger partial charge on any atom is 0.374 e. The van der Waals surface area contributed by atoms with Crippen molar-refractivity contribution in [2.24, 2.45) is 0 Å². The van der Waals surface area contributed by atoms with Crippen LogP contribution in [-0.4, -0.2) is 25.5 Å². The van der Waals surface area contributed by atoms with Gasteiger partial charge >= 0.3 is 5.97 Å². The van der Waals surface area contributed by atoms with E-state index in [0.29, 0.717) is 19.4 Å². The first-order chi connectivity index (χ1) is 8.65. The van der Waals surface area contributed by atoms with Gasteiger partial charge in [0.2, 0.25) is 5.78 Å². The van der Waals surface area contributed by atoms with E-state index >= 15 is 0 Å². The van der Waals surface area contributed by atoms with Gasteiger partial charge in [-0.2, -0.15) is 0 Å². The summed E-state index contributed by atoms with van der Waals surface area (Å²) < 4.78 is 22.6. The van der Waals surface area contributed by atoms with E-state index < -0.39 is 17.6 Å². The van der Waals surface area contributed by atoms with Gasteiger partial charge in [0.25, 0.3) is 0 Å². The monoisotopic (exact) mass is 254 g/mol. The Hall–Kier alpha value is -1.91. The molecule has 0 aliphatic heterocycles. The summed E-state index contributed by atoms with van der Waals surface area (Å²) in [5.74, 6) is -1.60. The highest BCUT2D eigenvalue weighted by Crippen LogP contribution is 2.15. The molecule has 0 heterocycles. The van der Waals surface area contributed by atoms with E-state index in [-0.39, 0.29) is 12.2 Å². The first kappa shape index (κ1) is 14.2. The van der Waals surface area contributed by atoms with Crippen molar-refractivity contribution in [2.75, 3.05) is 13.7 Å². The number of hydrogen-bond acceptors (Lipinski definition) is 4. The maximum absolute atomic E-state index is 13.1. The second-order valence-corrected chi connectivity index (χ2v) is 3.65. The van der Waals surface area contributed by atoms with E-state index in [4.69, 9.17) is 4.74 Å². The fraction of sp³-hybridized carbons (Fsp3) is 0.385. The van der Waals surface area contributed by atoms with Gasteiger partial charge < -0.3 is 9.47 Å². The second kappa shape index (κ2) is 7.42. The summed E-state index contributed by atoms with van der Waals surface area (Å²) in [7, 11) is 1.17. The number of methoxy groups -OCH3 is 1. The number of unbranched alkanes of at least 4 members (excludes halogenated alkanes) is 1. The highest BCUT2D eigenvalue weighted by Gasteiger charge is 2.12. The number of rotatable bonds is 7. The van der Waals surface area contributed by atoms with Gasteiger partial charge in [0.1, 0.15) is 0 Å². The number of Topliss-reactive ketones (excluding diaryl/α,β-unsaturated/α-hetero) is 1. The summed E-state index contributed by atoms with van der Waals surface area (Å²) in [5.41, 5.74) is 0. The maximum atomic E-state index is 13.1. The molecule has 1 rings (SSSR count). The predicted octanol–water partition coefficient (Wildman–Crippen LogP) is 2.12. The van der Waals surface area contributed by atoms with Crippen molar-refractivity contribution in [3.63, 3.8) is 0 Å². The molecular weight excluding hydrogens is 239 g/mol. The van der Waals surface area contributed by atoms with Crippen LogP contribution in [0, 0.1) is 5.82 Å². The zero-order valence-corrected chi connectivity index (χ0v) is 10.1. The number of carbonyl (C=O) groups is 2. The van der Waals surface area contributed by atoms with Crippen LogP contribution in [0.3, 0.4) is 0 Å². The molecule has 4 nitrogen and oxygen atoms in total. The van der Waals surface area contributed by atoms with Crippen LogP contribution in [0.25, 0.3) is 0 Å². The third-order valence-electron chi connectivity index (χ3n) is 2.31. The Balaban J connectivity index is 2.18. The Bertz CT molecular complexity index is 417. The fourth-order valence-corrected chi connectivity index (χ4v) is 1.35. The van der Waals surface area contributed by atoms with Gasteiger partial charge in [-0.3, -0.25) is 4.79 Å². The van der Waals surface area contributed by atoms with Crippen molar-refractivity contribution in [1.82, 2.24) is 0 Å². The normalized spacial score (nSPS) is 9.89. The van der Waals surface area contributed by atoms with E-state index in [1.54, 1.807) is 12.1 Å². The molecule has 5 heteroatoms. The summed E-state index contributed by atoms with van der Waals surface area (Å²) in [6.07, 6.45) is 1.19. The molecular formula is C13H15FO4. The van der Waals surface area contributed by atoms with Crippen molar-refractivity contribution in [3.8, 4) is 5.75 Å². The number of carbonyl (C=O) groups excluding carboxylic acids is 2. The lowest BCUT2D eigenvalue weighted by Crippen LogP contribution is -2.15. The summed E-state index contributed by atoms with van der Waals surface area (Å²) in [5, 5.41) is 0. The molecule has 1 aromatic rings. The van der Waals surface area contributed by atoms with Crippen molar-refractivity contribution in [3.05, 3.63) is 30.1 Å². The summed E-state index contributed by atoms with van der Waals surface area (Å²) >= 11 is 0. The van der Waals surface area contributed by atoms with Gasteiger partial charge in [0, 0.05) is 6.42 Å². The summed E-state index contributed by atoms with van der Waals surface area (Å²) in [4.78, 5) is 21.9. The quantitative estimate of drug-likeness (QED) is 0.425. The molecule has 0 saturated carbocycles. The van der Waals surface area contributed by atoms with Crippen LogP contribution in [0.15, 0.2) is 24.3 Å². The Labute approximate surface area is 105 Å². The minimum Gasteiger partial charge on any atom is -0.491 e. The van der Waals surface area contributed by atoms with Gasteiger partial charge in [-0.05, 0) is 25.0 Å². The Morgan fingerprint density at radius 2 is 1.94 bits per heavy atom. The molecule has 0 fully saturated rings. The molecule has 0 N–H and O–H groups in total. The minimum absolute atomic E-state index is 0.118. The summed E-state index contributed by atoms with van der Waals surface area (Å²) in [6.45, 7) is 0.301. The lowest BCUT2D eigenvalue weighted by atomic mass is 10.2. The molecule has 0 saturated heterocycles. The molecule has 0 radical (unpaired) electrons. The van der Waals surface area contributed by atoms with Gasteiger partial charge in [-0.1, -0.05) is 12.1 Å². The van der Waals surface area contributed by atoms with Crippen LogP contribution in [0.2, 0.25) is 0 Å². The topological polar surface area (TPSA) is 52.6 Å². The Morgan fingerprint density at radius 3 is 2.61 bits per heavy atom. The molecule has 0 amide bonds. The molecule has 18 heavy (non-hydrogen) atoms. The number of hydrogen-bond donors (Lipinski definition) is 0. The number of para-hydroxylation sites is 1. The Morgan fingerprint density at radius 1 is 1.22 bits per heavy atom. The third-order valence-corrected chi connectivity index (χ3v) is 2.31. The van der Waals surface area contributed by atoms with E-state index in [1.807, 2.05) is 0 Å². The van der Waals surface area contributed by atoms with Crippen molar-refractivity contribution in [2.45, 2.75) is 19.3 Å². The lowest BCUT2D eigenvalue weighted by molar-refractivity contribution is -0.151. The third kappa shape index (κ3) is 4.53. The molecule has 0 atom stereocenters. The molecule has 0 bridgehead atoms. The molecule has 1 aromatic carbocycles. The van der Waals surface area contributed by atoms with Gasteiger partial charge in [0.15, 0.2) is 11.6 Å². The zero-order chi connectivity index (χ0) is 13.4. The molecule has 98 valence electrons. The highest BCUT2D eigenvalue weighted by molar-refractivity contribution is 6.33. The number of benzene rings is 1. The lowest BCUT2D eigenvalue weighted by Gasteiger charge is -2.06. The number of esters is 1. The van der Waals surface area contributed by atoms with Crippen LogP contribution in [-0.2, 0) is 14.3 Å². The molecule has 0 aliphatic carbocycles. The minimum atomic E-state index is -0.829. The number of ether oxygens (including phenoxy) is 2. The largest absolute Gasteiger partial charge is 0.491 e.